The van der Waals surface area contributed by atoms with Gasteiger partial charge in [-0.3, -0.25) is 4.79 Å². The number of rotatable bonds is 4. The van der Waals surface area contributed by atoms with E-state index in [1.807, 2.05) is 0 Å². The first kappa shape index (κ1) is 15.2. The van der Waals surface area contributed by atoms with E-state index in [-0.39, 0.29) is 20.8 Å². The molecule has 20 heavy (non-hydrogen) atoms. The van der Waals surface area contributed by atoms with Crippen molar-refractivity contribution in [2.45, 2.75) is 16.0 Å². The van der Waals surface area contributed by atoms with Crippen LogP contribution >= 0.6 is 46.3 Å². The summed E-state index contributed by atoms with van der Waals surface area (Å²) in [5, 5.41) is 11.8. The van der Waals surface area contributed by atoms with Gasteiger partial charge in [0.15, 0.2) is 4.21 Å². The van der Waals surface area contributed by atoms with Crippen molar-refractivity contribution in [3.63, 3.8) is 0 Å². The minimum absolute atomic E-state index is 0.0855. The van der Waals surface area contributed by atoms with Crippen LogP contribution in [0, 0.1) is 10.1 Å². The highest BCUT2D eigenvalue weighted by Crippen LogP contribution is 2.44. The third-order valence-corrected chi connectivity index (χ3v) is 5.47. The van der Waals surface area contributed by atoms with Crippen molar-refractivity contribution in [2.24, 2.45) is 0 Å². The highest BCUT2D eigenvalue weighted by Gasteiger charge is 2.27. The van der Waals surface area contributed by atoms with Gasteiger partial charge >= 0.3 is 5.82 Å². The number of ketones is 1. The Hall–Kier alpha value is -1.15. The van der Waals surface area contributed by atoms with E-state index in [2.05, 4.69) is 4.98 Å². The maximum atomic E-state index is 11.3. The lowest BCUT2D eigenvalue weighted by Gasteiger charge is -2.03. The van der Waals surface area contributed by atoms with Gasteiger partial charge in [0.25, 0.3) is 5.01 Å². The van der Waals surface area contributed by atoms with Crippen LogP contribution < -0.4 is 0 Å². The summed E-state index contributed by atoms with van der Waals surface area (Å²) >= 11 is 14.0. The van der Waals surface area contributed by atoms with Gasteiger partial charge in [-0.25, -0.2) is 0 Å². The van der Waals surface area contributed by atoms with Crippen molar-refractivity contribution >= 4 is 57.9 Å². The smallest absolute Gasteiger partial charge is 0.358 e. The fraction of sp³-hybridized carbons (Fsp3) is 0.0909. The van der Waals surface area contributed by atoms with Crippen LogP contribution in [0.3, 0.4) is 0 Å². The number of Topliss-reactive ketones (excluding diaryl/α,β-unsaturated/α-hetero) is 1. The monoisotopic (exact) mass is 348 g/mol. The van der Waals surface area contributed by atoms with Crippen LogP contribution in [0.15, 0.2) is 27.3 Å². The van der Waals surface area contributed by atoms with Gasteiger partial charge in [0.1, 0.15) is 0 Å². The molecule has 1 aromatic carbocycles. The van der Waals surface area contributed by atoms with Gasteiger partial charge in [0.2, 0.25) is 5.78 Å². The van der Waals surface area contributed by atoms with Crippen LogP contribution in [0.25, 0.3) is 0 Å². The Morgan fingerprint density at radius 3 is 2.50 bits per heavy atom. The quantitative estimate of drug-likeness (QED) is 0.454. The molecule has 0 N–H and O–H groups in total. The molecule has 9 heteroatoms. The topological polar surface area (TPSA) is 73.1 Å². The fourth-order valence-electron chi connectivity index (χ4n) is 1.30. The maximum absolute atomic E-state index is 11.3. The molecule has 1 aromatic heterocycles. The number of nitrogens with zero attached hydrogens (tertiary/aromatic N) is 2. The Labute approximate surface area is 132 Å². The molecule has 0 saturated carbocycles. The first-order valence-corrected chi connectivity index (χ1v) is 7.57. The van der Waals surface area contributed by atoms with Crippen molar-refractivity contribution in [3.05, 3.63) is 43.4 Å². The number of carbonyl (C=O) groups excluding carboxylic acids is 1. The molecule has 0 aliphatic heterocycles. The summed E-state index contributed by atoms with van der Waals surface area (Å²) in [4.78, 5) is 25.9. The average Bonchev–Trinajstić information content (AvgIpc) is 2.78. The molecule has 0 fully saturated rings. The van der Waals surface area contributed by atoms with Crippen LogP contribution in [0.1, 0.15) is 16.7 Å². The molecule has 2 rings (SSSR count). The number of carbonyl (C=O) groups is 1. The van der Waals surface area contributed by atoms with E-state index in [4.69, 9.17) is 23.2 Å². The SMILES string of the molecule is CC(=O)c1nc([N+](=O)[O-])c(Sc2c(Cl)cccc2Cl)s1. The minimum atomic E-state index is -0.629. The van der Waals surface area contributed by atoms with E-state index in [9.17, 15) is 14.9 Å². The van der Waals surface area contributed by atoms with Gasteiger partial charge in [0.05, 0.1) is 14.9 Å². The zero-order chi connectivity index (χ0) is 14.9. The zero-order valence-electron chi connectivity index (χ0n) is 9.92. The molecule has 0 spiro atoms. The molecule has 0 radical (unpaired) electrons. The Balaban J connectivity index is 2.47. The normalized spacial score (nSPS) is 10.6. The third kappa shape index (κ3) is 3.12. The minimum Gasteiger partial charge on any atom is -0.358 e. The Bertz CT molecular complexity index is 683. The van der Waals surface area contributed by atoms with Gasteiger partial charge in [0, 0.05) is 6.92 Å². The summed E-state index contributed by atoms with van der Waals surface area (Å²) in [5.41, 5.74) is 0. The van der Waals surface area contributed by atoms with Crippen molar-refractivity contribution < 1.29 is 9.72 Å². The first-order valence-electron chi connectivity index (χ1n) is 5.18. The lowest BCUT2D eigenvalue weighted by Crippen LogP contribution is -1.93. The molecule has 0 aliphatic carbocycles. The molecule has 104 valence electrons. The molecular weight excluding hydrogens is 343 g/mol. The van der Waals surface area contributed by atoms with Crippen molar-refractivity contribution in [1.82, 2.24) is 4.98 Å². The molecule has 0 bridgehead atoms. The predicted octanol–water partition coefficient (Wildman–Crippen LogP) is 4.71. The van der Waals surface area contributed by atoms with Gasteiger partial charge in [-0.15, -0.1) is 0 Å². The zero-order valence-corrected chi connectivity index (χ0v) is 13.1. The van der Waals surface area contributed by atoms with E-state index in [1.54, 1.807) is 18.2 Å². The third-order valence-electron chi connectivity index (χ3n) is 2.17. The standard InChI is InChI=1S/C11H6Cl2N2O3S2/c1-5(16)10-14-9(15(17)18)11(20-10)19-8-6(12)3-2-4-7(8)13/h2-4H,1H3. The summed E-state index contributed by atoms with van der Waals surface area (Å²) in [6.45, 7) is 1.31. The number of thiazole rings is 1. The summed E-state index contributed by atoms with van der Waals surface area (Å²) in [5.74, 6) is -0.684. The second kappa shape index (κ2) is 6.09. The molecule has 0 unspecified atom stereocenters. The van der Waals surface area contributed by atoms with E-state index >= 15 is 0 Å². The molecule has 2 aromatic rings. The van der Waals surface area contributed by atoms with Gasteiger partial charge < -0.3 is 10.1 Å². The van der Waals surface area contributed by atoms with Crippen LogP contribution in [0.4, 0.5) is 5.82 Å². The molecule has 1 heterocycles. The van der Waals surface area contributed by atoms with Crippen molar-refractivity contribution in [2.75, 3.05) is 0 Å². The average molecular weight is 349 g/mol. The highest BCUT2D eigenvalue weighted by molar-refractivity contribution is 8.01. The molecule has 0 aliphatic rings. The number of aromatic nitrogens is 1. The summed E-state index contributed by atoms with van der Waals surface area (Å²) < 4.78 is 0.273. The summed E-state index contributed by atoms with van der Waals surface area (Å²) in [6, 6.07) is 4.94. The van der Waals surface area contributed by atoms with Gasteiger partial charge in [-0.2, -0.15) is 0 Å². The van der Waals surface area contributed by atoms with Crippen LogP contribution in [-0.2, 0) is 0 Å². The lowest BCUT2D eigenvalue weighted by molar-refractivity contribution is -0.391. The predicted molar refractivity (Wildman–Crippen MR) is 79.4 cm³/mol. The van der Waals surface area contributed by atoms with E-state index in [0.717, 1.165) is 23.1 Å². The van der Waals surface area contributed by atoms with Crippen LogP contribution in [0.2, 0.25) is 10.0 Å². The molecule has 0 amide bonds. The van der Waals surface area contributed by atoms with Crippen molar-refractivity contribution in [3.8, 4) is 0 Å². The van der Waals surface area contributed by atoms with Crippen molar-refractivity contribution in [1.29, 1.82) is 0 Å². The second-order valence-electron chi connectivity index (χ2n) is 3.60. The summed E-state index contributed by atoms with van der Waals surface area (Å²) in [7, 11) is 0. The number of nitro groups is 1. The van der Waals surface area contributed by atoms with E-state index in [1.165, 1.54) is 6.92 Å². The maximum Gasteiger partial charge on any atom is 0.389 e. The molecular formula is C11H6Cl2N2O3S2. The Kier molecular flexibility index (Phi) is 4.64. The molecule has 0 atom stereocenters. The summed E-state index contributed by atoms with van der Waals surface area (Å²) in [6.07, 6.45) is 0. The Morgan fingerprint density at radius 1 is 1.40 bits per heavy atom. The second-order valence-corrected chi connectivity index (χ2v) is 6.69. The molecule has 5 nitrogen and oxygen atoms in total. The van der Waals surface area contributed by atoms with E-state index < -0.39 is 4.92 Å². The fourth-order valence-corrected chi connectivity index (χ4v) is 3.98. The van der Waals surface area contributed by atoms with Crippen LogP contribution in [0.5, 0.6) is 0 Å². The number of hydrogen-bond donors (Lipinski definition) is 0. The Morgan fingerprint density at radius 2 is 2.00 bits per heavy atom. The molecule has 0 saturated heterocycles. The largest absolute Gasteiger partial charge is 0.389 e. The van der Waals surface area contributed by atoms with E-state index in [0.29, 0.717) is 14.9 Å². The number of hydrogen-bond acceptors (Lipinski definition) is 6. The van der Waals surface area contributed by atoms with Gasteiger partial charge in [-0.05, 0) is 22.0 Å². The number of halogens is 2. The number of benzene rings is 1. The lowest BCUT2D eigenvalue weighted by atomic mass is 10.4. The van der Waals surface area contributed by atoms with Gasteiger partial charge in [-0.1, -0.05) is 52.4 Å². The highest BCUT2D eigenvalue weighted by atomic mass is 35.5. The van der Waals surface area contributed by atoms with Crippen LogP contribution in [-0.4, -0.2) is 15.7 Å². The first-order chi connectivity index (χ1) is 9.40.